The van der Waals surface area contributed by atoms with Gasteiger partial charge in [0, 0.05) is 12.6 Å². The van der Waals surface area contributed by atoms with Crippen LogP contribution in [0.15, 0.2) is 0 Å². The van der Waals surface area contributed by atoms with Crippen molar-refractivity contribution in [1.29, 1.82) is 0 Å². The van der Waals surface area contributed by atoms with Gasteiger partial charge >= 0.3 is 12.2 Å². The molecule has 2 unspecified atom stereocenters. The van der Waals surface area contributed by atoms with E-state index in [1.807, 2.05) is 0 Å². The van der Waals surface area contributed by atoms with Crippen molar-refractivity contribution in [3.05, 3.63) is 0 Å². The van der Waals surface area contributed by atoms with E-state index in [4.69, 9.17) is 0 Å². The van der Waals surface area contributed by atoms with Gasteiger partial charge in [-0.1, -0.05) is 13.8 Å². The summed E-state index contributed by atoms with van der Waals surface area (Å²) in [5, 5.41) is 5.57. The van der Waals surface area contributed by atoms with Gasteiger partial charge in [0.15, 0.2) is 0 Å². The van der Waals surface area contributed by atoms with E-state index >= 15 is 0 Å². The number of methoxy groups -OCH3 is 2. The maximum Gasteiger partial charge on any atom is 0.407 e. The van der Waals surface area contributed by atoms with Gasteiger partial charge in [-0.2, -0.15) is 0 Å². The first kappa shape index (κ1) is 15.6. The maximum atomic E-state index is 11.3. The molecule has 1 fully saturated rings. The smallest absolute Gasteiger partial charge is 0.407 e. The van der Waals surface area contributed by atoms with E-state index in [0.29, 0.717) is 12.5 Å². The molecule has 2 atom stereocenters. The Morgan fingerprint density at radius 2 is 1.79 bits per heavy atom. The minimum Gasteiger partial charge on any atom is -0.453 e. The highest BCUT2D eigenvalue weighted by Crippen LogP contribution is 2.38. The number of nitrogens with one attached hydrogen (secondary N) is 2. The van der Waals surface area contributed by atoms with Crippen LogP contribution in [0.1, 0.15) is 33.1 Å². The molecule has 0 aromatic heterocycles. The maximum absolute atomic E-state index is 11.3. The first-order chi connectivity index (χ1) is 8.86. The molecule has 0 spiro atoms. The van der Waals surface area contributed by atoms with E-state index in [0.717, 1.165) is 19.3 Å². The van der Waals surface area contributed by atoms with Crippen molar-refractivity contribution in [2.24, 2.45) is 11.3 Å². The Hall–Kier alpha value is -1.46. The molecule has 2 N–H and O–H groups in total. The molecule has 0 aromatic rings. The summed E-state index contributed by atoms with van der Waals surface area (Å²) in [5.41, 5.74) is 0.131. The molecule has 6 nitrogen and oxygen atoms in total. The molecule has 6 heteroatoms. The van der Waals surface area contributed by atoms with E-state index in [-0.39, 0.29) is 11.5 Å². The molecule has 19 heavy (non-hydrogen) atoms. The summed E-state index contributed by atoms with van der Waals surface area (Å²) in [6.07, 6.45) is 1.94. The molecular weight excluding hydrogens is 248 g/mol. The number of amides is 2. The molecule has 0 saturated heterocycles. The van der Waals surface area contributed by atoms with Crippen LogP contribution in [0.2, 0.25) is 0 Å². The monoisotopic (exact) mass is 272 g/mol. The van der Waals surface area contributed by atoms with Gasteiger partial charge in [-0.3, -0.25) is 0 Å². The van der Waals surface area contributed by atoms with Gasteiger partial charge in [-0.05, 0) is 30.6 Å². The summed E-state index contributed by atoms with van der Waals surface area (Å²) >= 11 is 0. The van der Waals surface area contributed by atoms with E-state index in [9.17, 15) is 9.59 Å². The number of hydrogen-bond donors (Lipinski definition) is 2. The van der Waals surface area contributed by atoms with Crippen LogP contribution in [0.3, 0.4) is 0 Å². The van der Waals surface area contributed by atoms with Crippen LogP contribution in [-0.2, 0) is 9.47 Å². The Balaban J connectivity index is 2.53. The predicted octanol–water partition coefficient (Wildman–Crippen LogP) is 1.89. The fourth-order valence-electron chi connectivity index (χ4n) is 2.89. The molecule has 0 heterocycles. The van der Waals surface area contributed by atoms with Crippen molar-refractivity contribution in [2.45, 2.75) is 39.2 Å². The van der Waals surface area contributed by atoms with Crippen LogP contribution in [0, 0.1) is 11.3 Å². The van der Waals surface area contributed by atoms with Gasteiger partial charge in [-0.15, -0.1) is 0 Å². The number of rotatable bonds is 3. The van der Waals surface area contributed by atoms with Crippen molar-refractivity contribution < 1.29 is 19.1 Å². The van der Waals surface area contributed by atoms with E-state index < -0.39 is 12.2 Å². The summed E-state index contributed by atoms with van der Waals surface area (Å²) in [5.74, 6) is 0.324. The minimum atomic E-state index is -0.416. The third kappa shape index (κ3) is 5.36. The zero-order valence-electron chi connectivity index (χ0n) is 12.1. The number of ether oxygens (including phenoxy) is 2. The lowest BCUT2D eigenvalue weighted by atomic mass is 9.70. The fraction of sp³-hybridized carbons (Fsp3) is 0.846. The van der Waals surface area contributed by atoms with Crippen molar-refractivity contribution >= 4 is 12.2 Å². The Kier molecular flexibility index (Phi) is 5.44. The number of carbonyl (C=O) groups excluding carboxylic acids is 2. The Labute approximate surface area is 114 Å². The van der Waals surface area contributed by atoms with Gasteiger partial charge in [0.2, 0.25) is 0 Å². The van der Waals surface area contributed by atoms with Crippen LogP contribution < -0.4 is 10.6 Å². The average molecular weight is 272 g/mol. The molecular formula is C13H24N2O4. The molecule has 0 bridgehead atoms. The zero-order chi connectivity index (χ0) is 14.5. The third-order valence-electron chi connectivity index (χ3n) is 3.49. The van der Waals surface area contributed by atoms with E-state index in [2.05, 4.69) is 34.0 Å². The summed E-state index contributed by atoms with van der Waals surface area (Å²) in [4.78, 5) is 22.4. The van der Waals surface area contributed by atoms with Crippen LogP contribution in [-0.4, -0.2) is 39.0 Å². The van der Waals surface area contributed by atoms with Gasteiger partial charge in [-0.25, -0.2) is 9.59 Å². The lowest BCUT2D eigenvalue weighted by Crippen LogP contribution is -2.45. The quantitative estimate of drug-likeness (QED) is 0.822. The highest BCUT2D eigenvalue weighted by molar-refractivity contribution is 5.67. The molecule has 1 aliphatic carbocycles. The third-order valence-corrected chi connectivity index (χ3v) is 3.49. The van der Waals surface area contributed by atoms with Crippen LogP contribution >= 0.6 is 0 Å². The average Bonchev–Trinajstić information content (AvgIpc) is 2.33. The molecule has 0 aliphatic heterocycles. The molecule has 110 valence electrons. The predicted molar refractivity (Wildman–Crippen MR) is 70.9 cm³/mol. The Morgan fingerprint density at radius 3 is 2.37 bits per heavy atom. The van der Waals surface area contributed by atoms with Gasteiger partial charge in [0.25, 0.3) is 0 Å². The van der Waals surface area contributed by atoms with Gasteiger partial charge in [0.05, 0.1) is 14.2 Å². The fourth-order valence-corrected chi connectivity index (χ4v) is 2.89. The highest BCUT2D eigenvalue weighted by atomic mass is 16.5. The number of hydrogen-bond acceptors (Lipinski definition) is 4. The molecule has 0 radical (unpaired) electrons. The van der Waals surface area contributed by atoms with E-state index in [1.54, 1.807) is 0 Å². The Morgan fingerprint density at radius 1 is 1.16 bits per heavy atom. The summed E-state index contributed by atoms with van der Waals surface area (Å²) in [6.45, 7) is 4.90. The van der Waals surface area contributed by atoms with Crippen LogP contribution in [0.5, 0.6) is 0 Å². The van der Waals surface area contributed by atoms with Crippen molar-refractivity contribution in [3.8, 4) is 0 Å². The van der Waals surface area contributed by atoms with Gasteiger partial charge < -0.3 is 20.1 Å². The topological polar surface area (TPSA) is 76.7 Å². The lowest BCUT2D eigenvalue weighted by molar-refractivity contribution is 0.120. The molecule has 1 saturated carbocycles. The first-order valence-corrected chi connectivity index (χ1v) is 6.52. The number of carbonyl (C=O) groups is 2. The van der Waals surface area contributed by atoms with Gasteiger partial charge in [0.1, 0.15) is 0 Å². The zero-order valence-corrected chi connectivity index (χ0v) is 12.1. The molecule has 0 aromatic carbocycles. The van der Waals surface area contributed by atoms with Crippen molar-refractivity contribution in [3.63, 3.8) is 0 Å². The second kappa shape index (κ2) is 6.63. The van der Waals surface area contributed by atoms with E-state index in [1.165, 1.54) is 14.2 Å². The van der Waals surface area contributed by atoms with Crippen molar-refractivity contribution in [1.82, 2.24) is 10.6 Å². The standard InChI is InChI=1S/C13H24N2O4/c1-13(2)6-9(8-14-11(16)18-3)5-10(7-13)15-12(17)19-4/h9-10H,5-8H2,1-4H3,(H,14,16)(H,15,17). The van der Waals surface area contributed by atoms with Crippen LogP contribution in [0.4, 0.5) is 9.59 Å². The normalized spacial score (nSPS) is 25.3. The molecule has 2 amide bonds. The molecule has 1 aliphatic rings. The summed E-state index contributed by atoms with van der Waals surface area (Å²) in [6, 6.07) is 0.0839. The Bertz CT molecular complexity index is 331. The van der Waals surface area contributed by atoms with Crippen molar-refractivity contribution in [2.75, 3.05) is 20.8 Å². The lowest BCUT2D eigenvalue weighted by Gasteiger charge is -2.40. The minimum absolute atomic E-state index is 0.0839. The SMILES string of the molecule is COC(=O)NCC1CC(NC(=O)OC)CC(C)(C)C1. The summed E-state index contributed by atoms with van der Waals surface area (Å²) in [7, 11) is 2.71. The highest BCUT2D eigenvalue weighted by Gasteiger charge is 2.34. The second-order valence-corrected chi connectivity index (χ2v) is 5.88. The summed E-state index contributed by atoms with van der Waals surface area (Å²) < 4.78 is 9.19. The largest absolute Gasteiger partial charge is 0.453 e. The molecule has 1 rings (SSSR count). The second-order valence-electron chi connectivity index (χ2n) is 5.88. The first-order valence-electron chi connectivity index (χ1n) is 6.52. The van der Waals surface area contributed by atoms with Crippen LogP contribution in [0.25, 0.3) is 0 Å². The number of alkyl carbamates (subject to hydrolysis) is 2.